The largest absolute Gasteiger partial charge is 0.465 e. The minimum atomic E-state index is -0.536. The molecule has 1 heterocycles. The van der Waals surface area contributed by atoms with Crippen LogP contribution in [0.1, 0.15) is 52.0 Å². The Kier molecular flexibility index (Phi) is 9.62. The van der Waals surface area contributed by atoms with Crippen LogP contribution in [0.2, 0.25) is 0 Å². The van der Waals surface area contributed by atoms with E-state index in [9.17, 15) is 14.4 Å². The van der Waals surface area contributed by atoms with Gasteiger partial charge in [-0.1, -0.05) is 61.5 Å². The van der Waals surface area contributed by atoms with Gasteiger partial charge in [-0.05, 0) is 37.1 Å². The van der Waals surface area contributed by atoms with Crippen molar-refractivity contribution >= 4 is 35.2 Å². The van der Waals surface area contributed by atoms with E-state index in [1.165, 1.54) is 18.9 Å². The van der Waals surface area contributed by atoms with Gasteiger partial charge in [-0.25, -0.2) is 4.79 Å². The monoisotopic (exact) mass is 521 g/mol. The van der Waals surface area contributed by atoms with Crippen LogP contribution in [-0.4, -0.2) is 45.4 Å². The number of nitrogens with one attached hydrogen (secondary N) is 2. The van der Waals surface area contributed by atoms with Gasteiger partial charge in [-0.2, -0.15) is 0 Å². The lowest BCUT2D eigenvalue weighted by atomic mass is 10.0. The summed E-state index contributed by atoms with van der Waals surface area (Å²) in [5, 5.41) is 15.0. The highest BCUT2D eigenvalue weighted by molar-refractivity contribution is 7.99. The summed E-state index contributed by atoms with van der Waals surface area (Å²) < 4.78 is 6.62. The molecule has 0 unspecified atom stereocenters. The summed E-state index contributed by atoms with van der Waals surface area (Å²) in [5.74, 6) is -0.417. The van der Waals surface area contributed by atoms with E-state index in [-0.39, 0.29) is 29.0 Å². The number of para-hydroxylation sites is 1. The number of aryl methyl sites for hydroxylation is 1. The summed E-state index contributed by atoms with van der Waals surface area (Å²) in [6.07, 6.45) is 1.71. The quantitative estimate of drug-likeness (QED) is 0.218. The summed E-state index contributed by atoms with van der Waals surface area (Å²) in [6, 6.07) is 13.6. The lowest BCUT2D eigenvalue weighted by Crippen LogP contribution is -2.33. The van der Waals surface area contributed by atoms with E-state index < -0.39 is 12.0 Å². The number of carbonyl (C=O) groups excluding carboxylic acids is 3. The number of esters is 1. The van der Waals surface area contributed by atoms with Crippen molar-refractivity contribution in [2.24, 2.45) is 5.92 Å². The molecule has 2 N–H and O–H groups in total. The number of thioether (sulfide) groups is 1. The first-order chi connectivity index (χ1) is 17.7. The maximum atomic E-state index is 12.9. The number of hydrogen-bond donors (Lipinski definition) is 2. The predicted octanol–water partition coefficient (Wildman–Crippen LogP) is 4.42. The summed E-state index contributed by atoms with van der Waals surface area (Å²) in [5.41, 5.74) is 2.27. The first-order valence-electron chi connectivity index (χ1n) is 11.8. The van der Waals surface area contributed by atoms with Crippen LogP contribution in [0.25, 0.3) is 0 Å². The molecule has 2 amide bonds. The molecule has 0 spiro atoms. The smallest absolute Gasteiger partial charge is 0.339 e. The second-order valence-corrected chi connectivity index (χ2v) is 9.62. The molecule has 0 aliphatic rings. The Hall–Kier alpha value is -3.92. The number of rotatable bonds is 11. The van der Waals surface area contributed by atoms with E-state index in [2.05, 4.69) is 27.4 Å². The van der Waals surface area contributed by atoms with Crippen LogP contribution in [-0.2, 0) is 16.1 Å². The first kappa shape index (κ1) is 27.7. The molecule has 0 saturated carbocycles. The van der Waals surface area contributed by atoms with Crippen molar-refractivity contribution in [2.75, 3.05) is 18.2 Å². The molecule has 0 aliphatic heterocycles. The van der Waals surface area contributed by atoms with Gasteiger partial charge in [0.2, 0.25) is 5.91 Å². The number of aromatic nitrogens is 3. The van der Waals surface area contributed by atoms with Gasteiger partial charge in [0.15, 0.2) is 11.0 Å². The molecule has 37 heavy (non-hydrogen) atoms. The molecule has 194 valence electrons. The van der Waals surface area contributed by atoms with Crippen molar-refractivity contribution in [3.63, 3.8) is 0 Å². The highest BCUT2D eigenvalue weighted by Crippen LogP contribution is 2.26. The van der Waals surface area contributed by atoms with Crippen LogP contribution in [0, 0.1) is 12.8 Å². The van der Waals surface area contributed by atoms with Gasteiger partial charge in [-0.15, -0.1) is 16.8 Å². The van der Waals surface area contributed by atoms with Crippen LogP contribution >= 0.6 is 11.8 Å². The molecule has 2 aromatic carbocycles. The van der Waals surface area contributed by atoms with Crippen molar-refractivity contribution in [3.8, 4) is 0 Å². The zero-order chi connectivity index (χ0) is 26.9. The molecule has 0 fully saturated rings. The minimum absolute atomic E-state index is 0.0261. The summed E-state index contributed by atoms with van der Waals surface area (Å²) in [6.45, 7) is 10.2. The second kappa shape index (κ2) is 12.9. The topological polar surface area (TPSA) is 115 Å². The number of ether oxygens (including phenoxy) is 1. The van der Waals surface area contributed by atoms with Gasteiger partial charge < -0.3 is 19.9 Å². The highest BCUT2D eigenvalue weighted by Gasteiger charge is 2.26. The maximum absolute atomic E-state index is 12.9. The van der Waals surface area contributed by atoms with E-state index in [0.717, 1.165) is 5.56 Å². The average molecular weight is 522 g/mol. The van der Waals surface area contributed by atoms with E-state index in [4.69, 9.17) is 4.74 Å². The third kappa shape index (κ3) is 7.07. The van der Waals surface area contributed by atoms with Crippen LogP contribution in [0.5, 0.6) is 0 Å². The number of hydrogen-bond acceptors (Lipinski definition) is 7. The Morgan fingerprint density at radius 2 is 1.81 bits per heavy atom. The van der Waals surface area contributed by atoms with Crippen molar-refractivity contribution in [1.82, 2.24) is 20.1 Å². The number of amides is 2. The normalized spacial score (nSPS) is 11.6. The van der Waals surface area contributed by atoms with Crippen molar-refractivity contribution < 1.29 is 19.1 Å². The Bertz CT molecular complexity index is 1270. The Morgan fingerprint density at radius 3 is 2.46 bits per heavy atom. The standard InChI is InChI=1S/C27H31N5O4S/c1-6-15-32-24(23(17(2)3)29-25(34)19-13-11-18(4)12-14-19)30-31-27(32)37-16-22(33)28-21-10-8-7-9-20(21)26(35)36-5/h6-14,17,23H,1,15-16H2,2-5H3,(H,28,33)(H,29,34)/t23-/m1/s1. The number of anilines is 1. The molecule has 1 atom stereocenters. The van der Waals surface area contributed by atoms with Crippen LogP contribution in [0.4, 0.5) is 5.69 Å². The zero-order valence-corrected chi connectivity index (χ0v) is 22.2. The number of nitrogens with zero attached hydrogens (tertiary/aromatic N) is 3. The highest BCUT2D eigenvalue weighted by atomic mass is 32.2. The number of carbonyl (C=O) groups is 3. The van der Waals surface area contributed by atoms with E-state index in [0.29, 0.717) is 28.8 Å². The van der Waals surface area contributed by atoms with Crippen LogP contribution in [0.3, 0.4) is 0 Å². The zero-order valence-electron chi connectivity index (χ0n) is 21.4. The van der Waals surface area contributed by atoms with E-state index in [1.807, 2.05) is 37.5 Å². The van der Waals surface area contributed by atoms with E-state index >= 15 is 0 Å². The Balaban J connectivity index is 1.75. The molecule has 10 heteroatoms. The van der Waals surface area contributed by atoms with Gasteiger partial charge in [0.1, 0.15) is 0 Å². The second-order valence-electron chi connectivity index (χ2n) is 8.68. The molecule has 0 bridgehead atoms. The molecule has 1 aromatic heterocycles. The molecule has 3 rings (SSSR count). The summed E-state index contributed by atoms with van der Waals surface area (Å²) in [4.78, 5) is 37.6. The molecule has 0 saturated heterocycles. The summed E-state index contributed by atoms with van der Waals surface area (Å²) >= 11 is 1.20. The molecular formula is C27H31N5O4S. The van der Waals surface area contributed by atoms with Crippen LogP contribution < -0.4 is 10.6 Å². The molecule has 3 aromatic rings. The van der Waals surface area contributed by atoms with Crippen molar-refractivity contribution in [2.45, 2.75) is 38.5 Å². The number of methoxy groups -OCH3 is 1. The SMILES string of the molecule is C=CCn1c(SCC(=O)Nc2ccccc2C(=O)OC)nnc1[C@H](NC(=O)c1ccc(C)cc1)C(C)C. The average Bonchev–Trinajstić information content (AvgIpc) is 3.28. The molecule has 0 aliphatic carbocycles. The minimum Gasteiger partial charge on any atom is -0.465 e. The third-order valence-electron chi connectivity index (χ3n) is 5.54. The Morgan fingerprint density at radius 1 is 1.11 bits per heavy atom. The lowest BCUT2D eigenvalue weighted by Gasteiger charge is -2.22. The first-order valence-corrected chi connectivity index (χ1v) is 12.7. The van der Waals surface area contributed by atoms with Gasteiger partial charge in [0.05, 0.1) is 30.2 Å². The molecular weight excluding hydrogens is 490 g/mol. The van der Waals surface area contributed by atoms with Crippen LogP contribution in [0.15, 0.2) is 66.3 Å². The molecule has 9 nitrogen and oxygen atoms in total. The van der Waals surface area contributed by atoms with E-state index in [1.54, 1.807) is 42.5 Å². The number of allylic oxidation sites excluding steroid dienone is 1. The van der Waals surface area contributed by atoms with Gasteiger partial charge in [0.25, 0.3) is 5.91 Å². The fraction of sp³-hybridized carbons (Fsp3) is 0.296. The van der Waals surface area contributed by atoms with Gasteiger partial charge in [-0.3, -0.25) is 9.59 Å². The fourth-order valence-electron chi connectivity index (χ4n) is 3.59. The predicted molar refractivity (Wildman–Crippen MR) is 144 cm³/mol. The van der Waals surface area contributed by atoms with Crippen molar-refractivity contribution in [1.29, 1.82) is 0 Å². The van der Waals surface area contributed by atoms with Gasteiger partial charge >= 0.3 is 5.97 Å². The van der Waals surface area contributed by atoms with Gasteiger partial charge in [0, 0.05) is 12.1 Å². The fourth-order valence-corrected chi connectivity index (χ4v) is 4.35. The number of benzene rings is 2. The lowest BCUT2D eigenvalue weighted by molar-refractivity contribution is -0.113. The van der Waals surface area contributed by atoms with Crippen molar-refractivity contribution in [3.05, 3.63) is 83.7 Å². The Labute approximate surface area is 220 Å². The maximum Gasteiger partial charge on any atom is 0.339 e. The third-order valence-corrected chi connectivity index (χ3v) is 6.51. The molecule has 0 radical (unpaired) electrons. The summed E-state index contributed by atoms with van der Waals surface area (Å²) in [7, 11) is 1.29.